The maximum atomic E-state index is 5.93. The molecule has 0 radical (unpaired) electrons. The third-order valence-electron chi connectivity index (χ3n) is 3.75. The third-order valence-corrected chi connectivity index (χ3v) is 3.99. The average Bonchev–Trinajstić information content (AvgIpc) is 2.79. The van der Waals surface area contributed by atoms with Crippen LogP contribution in [0.1, 0.15) is 19.8 Å². The Morgan fingerprint density at radius 2 is 2.42 bits per heavy atom. The predicted molar refractivity (Wildman–Crippen MR) is 77.7 cm³/mol. The minimum atomic E-state index is 0.479. The van der Waals surface area contributed by atoms with E-state index < -0.39 is 0 Å². The van der Waals surface area contributed by atoms with Crippen molar-refractivity contribution in [1.82, 2.24) is 10.3 Å². The van der Waals surface area contributed by atoms with Crippen LogP contribution < -0.4 is 10.6 Å². The van der Waals surface area contributed by atoms with Crippen molar-refractivity contribution in [2.45, 2.75) is 25.8 Å². The van der Waals surface area contributed by atoms with E-state index in [0.29, 0.717) is 23.0 Å². The summed E-state index contributed by atoms with van der Waals surface area (Å²) in [6.07, 6.45) is 2.54. The fraction of sp³-hybridized carbons (Fsp3) is 0.500. The lowest BCUT2D eigenvalue weighted by Gasteiger charge is -2.29. The number of halogens is 1. The number of benzene rings is 1. The highest BCUT2D eigenvalue weighted by atomic mass is 35.5. The molecule has 0 aliphatic carbocycles. The van der Waals surface area contributed by atoms with Crippen molar-refractivity contribution >= 4 is 28.7 Å². The van der Waals surface area contributed by atoms with Crippen LogP contribution in [0.25, 0.3) is 11.1 Å². The van der Waals surface area contributed by atoms with Gasteiger partial charge in [-0.15, -0.1) is 0 Å². The number of oxazole rings is 1. The lowest BCUT2D eigenvalue weighted by molar-refractivity contribution is 0.309. The van der Waals surface area contributed by atoms with E-state index >= 15 is 0 Å². The largest absolute Gasteiger partial charge is 0.424 e. The Labute approximate surface area is 117 Å². The summed E-state index contributed by atoms with van der Waals surface area (Å²) in [6, 6.07) is 6.51. The number of fused-ring (bicyclic) bond motifs is 1. The standard InChI is InChI=1S/C14H18ClN3O/c1-9-3-2-6-16-12(9)8-17-14-18-11-7-10(15)4-5-13(11)19-14/h4-5,7,9,12,16H,2-3,6,8H2,1H3,(H,17,18)/t9-,12-/m1/s1. The van der Waals surface area contributed by atoms with E-state index in [0.717, 1.165) is 24.2 Å². The molecule has 0 saturated carbocycles. The molecule has 2 aromatic rings. The van der Waals surface area contributed by atoms with Crippen molar-refractivity contribution in [3.8, 4) is 0 Å². The Morgan fingerprint density at radius 3 is 3.26 bits per heavy atom. The zero-order valence-corrected chi connectivity index (χ0v) is 11.7. The molecule has 5 heteroatoms. The SMILES string of the molecule is C[C@@H]1CCCN[C@@H]1CNc1nc2cc(Cl)ccc2o1. The Kier molecular flexibility index (Phi) is 3.62. The molecule has 2 heterocycles. The summed E-state index contributed by atoms with van der Waals surface area (Å²) < 4.78 is 5.64. The predicted octanol–water partition coefficient (Wildman–Crippen LogP) is 3.28. The van der Waals surface area contributed by atoms with Gasteiger partial charge >= 0.3 is 0 Å². The lowest BCUT2D eigenvalue weighted by Crippen LogP contribution is -2.44. The van der Waals surface area contributed by atoms with Gasteiger partial charge in [0.1, 0.15) is 5.52 Å². The number of nitrogens with one attached hydrogen (secondary N) is 2. The van der Waals surface area contributed by atoms with Gasteiger partial charge in [0.2, 0.25) is 0 Å². The second kappa shape index (κ2) is 5.39. The van der Waals surface area contributed by atoms with Crippen molar-refractivity contribution in [2.75, 3.05) is 18.4 Å². The molecule has 2 N–H and O–H groups in total. The monoisotopic (exact) mass is 279 g/mol. The van der Waals surface area contributed by atoms with E-state index in [2.05, 4.69) is 22.5 Å². The summed E-state index contributed by atoms with van der Waals surface area (Å²) in [5.41, 5.74) is 1.55. The summed E-state index contributed by atoms with van der Waals surface area (Å²) >= 11 is 5.93. The summed E-state index contributed by atoms with van der Waals surface area (Å²) in [5.74, 6) is 0.681. The molecule has 102 valence electrons. The van der Waals surface area contributed by atoms with E-state index in [-0.39, 0.29) is 0 Å². The zero-order chi connectivity index (χ0) is 13.2. The van der Waals surface area contributed by atoms with Crippen molar-refractivity contribution < 1.29 is 4.42 Å². The van der Waals surface area contributed by atoms with Crippen LogP contribution in [0, 0.1) is 5.92 Å². The molecular weight excluding hydrogens is 262 g/mol. The van der Waals surface area contributed by atoms with Crippen LogP contribution in [0.3, 0.4) is 0 Å². The molecule has 2 atom stereocenters. The number of piperidine rings is 1. The smallest absolute Gasteiger partial charge is 0.295 e. The van der Waals surface area contributed by atoms with Gasteiger partial charge in [0.15, 0.2) is 5.58 Å². The van der Waals surface area contributed by atoms with Crippen molar-refractivity contribution in [2.24, 2.45) is 5.92 Å². The first-order valence-corrected chi connectivity index (χ1v) is 7.13. The second-order valence-electron chi connectivity index (χ2n) is 5.19. The number of anilines is 1. The summed E-state index contributed by atoms with van der Waals surface area (Å²) in [5, 5.41) is 7.48. The minimum absolute atomic E-state index is 0.479. The highest BCUT2D eigenvalue weighted by molar-refractivity contribution is 6.31. The van der Waals surface area contributed by atoms with Gasteiger partial charge in [-0.2, -0.15) is 4.98 Å². The van der Waals surface area contributed by atoms with Gasteiger partial charge in [0.05, 0.1) is 0 Å². The van der Waals surface area contributed by atoms with E-state index in [1.807, 2.05) is 18.2 Å². The number of aromatic nitrogens is 1. The molecule has 1 aromatic carbocycles. The van der Waals surface area contributed by atoms with Gasteiger partial charge in [-0.05, 0) is 43.5 Å². The first kappa shape index (κ1) is 12.8. The van der Waals surface area contributed by atoms with Gasteiger partial charge in [0.25, 0.3) is 6.01 Å². The average molecular weight is 280 g/mol. The third kappa shape index (κ3) is 2.85. The van der Waals surface area contributed by atoms with Gasteiger partial charge in [-0.1, -0.05) is 18.5 Å². The van der Waals surface area contributed by atoms with Gasteiger partial charge < -0.3 is 15.1 Å². The quantitative estimate of drug-likeness (QED) is 0.905. The van der Waals surface area contributed by atoms with E-state index in [1.54, 1.807) is 0 Å². The van der Waals surface area contributed by atoms with Gasteiger partial charge in [-0.25, -0.2) is 0 Å². The first-order chi connectivity index (χ1) is 9.22. The van der Waals surface area contributed by atoms with Crippen LogP contribution in [-0.2, 0) is 0 Å². The van der Waals surface area contributed by atoms with Crippen LogP contribution in [-0.4, -0.2) is 24.1 Å². The molecule has 4 nitrogen and oxygen atoms in total. The zero-order valence-electron chi connectivity index (χ0n) is 10.9. The van der Waals surface area contributed by atoms with Crippen LogP contribution in [0.4, 0.5) is 6.01 Å². The van der Waals surface area contributed by atoms with E-state index in [1.165, 1.54) is 12.8 Å². The Balaban J connectivity index is 1.68. The summed E-state index contributed by atoms with van der Waals surface area (Å²) in [6.45, 7) is 4.21. The van der Waals surface area contributed by atoms with Crippen molar-refractivity contribution in [3.05, 3.63) is 23.2 Å². The van der Waals surface area contributed by atoms with Gasteiger partial charge in [-0.3, -0.25) is 0 Å². The molecular formula is C14H18ClN3O. The summed E-state index contributed by atoms with van der Waals surface area (Å²) in [7, 11) is 0. The number of rotatable bonds is 3. The number of hydrogen-bond donors (Lipinski definition) is 2. The maximum absolute atomic E-state index is 5.93. The molecule has 19 heavy (non-hydrogen) atoms. The van der Waals surface area contributed by atoms with Crippen LogP contribution in [0.15, 0.2) is 22.6 Å². The Hall–Kier alpha value is -1.26. The second-order valence-corrected chi connectivity index (χ2v) is 5.63. The fourth-order valence-electron chi connectivity index (χ4n) is 2.56. The normalized spacial score (nSPS) is 23.7. The fourth-order valence-corrected chi connectivity index (χ4v) is 2.73. The number of nitrogens with zero attached hydrogens (tertiary/aromatic N) is 1. The van der Waals surface area contributed by atoms with Crippen LogP contribution >= 0.6 is 11.6 Å². The molecule has 1 aromatic heterocycles. The number of hydrogen-bond acceptors (Lipinski definition) is 4. The maximum Gasteiger partial charge on any atom is 0.295 e. The Bertz CT molecular complexity index is 569. The lowest BCUT2D eigenvalue weighted by atomic mass is 9.93. The minimum Gasteiger partial charge on any atom is -0.424 e. The first-order valence-electron chi connectivity index (χ1n) is 6.76. The molecule has 0 unspecified atom stereocenters. The molecule has 0 amide bonds. The molecule has 1 fully saturated rings. The van der Waals surface area contributed by atoms with Crippen LogP contribution in [0.2, 0.25) is 5.02 Å². The van der Waals surface area contributed by atoms with Crippen LogP contribution in [0.5, 0.6) is 0 Å². The van der Waals surface area contributed by atoms with E-state index in [4.69, 9.17) is 16.0 Å². The van der Waals surface area contributed by atoms with Crippen molar-refractivity contribution in [1.29, 1.82) is 0 Å². The highest BCUT2D eigenvalue weighted by Gasteiger charge is 2.20. The van der Waals surface area contributed by atoms with Crippen molar-refractivity contribution in [3.63, 3.8) is 0 Å². The molecule has 0 bridgehead atoms. The summed E-state index contributed by atoms with van der Waals surface area (Å²) in [4.78, 5) is 4.39. The molecule has 0 spiro atoms. The highest BCUT2D eigenvalue weighted by Crippen LogP contribution is 2.23. The van der Waals surface area contributed by atoms with E-state index in [9.17, 15) is 0 Å². The molecule has 1 aliphatic rings. The molecule has 3 rings (SSSR count). The molecule has 1 saturated heterocycles. The van der Waals surface area contributed by atoms with Gasteiger partial charge in [0, 0.05) is 17.6 Å². The molecule has 1 aliphatic heterocycles. The Morgan fingerprint density at radius 1 is 1.53 bits per heavy atom. The topological polar surface area (TPSA) is 50.1 Å².